The van der Waals surface area contributed by atoms with Gasteiger partial charge >= 0.3 is 0 Å². The Hall–Kier alpha value is -1.58. The average molecular weight is 250 g/mol. The van der Waals surface area contributed by atoms with E-state index in [1.807, 2.05) is 0 Å². The second-order valence-electron chi connectivity index (χ2n) is 5.13. The molecule has 18 heavy (non-hydrogen) atoms. The van der Waals surface area contributed by atoms with Crippen molar-refractivity contribution >= 4 is 11.6 Å². The molecule has 0 heterocycles. The first kappa shape index (κ1) is 12.9. The third kappa shape index (κ3) is 2.47. The molecule has 1 fully saturated rings. The molecule has 0 bridgehead atoms. The molecule has 1 aliphatic rings. The molecule has 4 heteroatoms. The van der Waals surface area contributed by atoms with Crippen LogP contribution in [0.4, 0.5) is 10.1 Å². The van der Waals surface area contributed by atoms with Gasteiger partial charge in [0.15, 0.2) is 0 Å². The first-order valence-electron chi connectivity index (χ1n) is 6.39. The number of carbonyl (C=O) groups excluding carboxylic acids is 1. The van der Waals surface area contributed by atoms with Gasteiger partial charge in [0.05, 0.1) is 5.69 Å². The summed E-state index contributed by atoms with van der Waals surface area (Å²) in [7, 11) is 0. The summed E-state index contributed by atoms with van der Waals surface area (Å²) in [4.78, 5) is 11.9. The first-order valence-corrected chi connectivity index (χ1v) is 6.39. The number of benzene rings is 1. The molecule has 0 saturated heterocycles. The summed E-state index contributed by atoms with van der Waals surface area (Å²) >= 11 is 0. The van der Waals surface area contributed by atoms with Crippen molar-refractivity contribution in [3.8, 4) is 0 Å². The smallest absolute Gasteiger partial charge is 0.251 e. The lowest BCUT2D eigenvalue weighted by Gasteiger charge is -2.41. The average Bonchev–Trinajstić information content (AvgIpc) is 2.31. The van der Waals surface area contributed by atoms with Crippen LogP contribution in [0.1, 0.15) is 43.0 Å². The van der Waals surface area contributed by atoms with E-state index in [-0.39, 0.29) is 17.0 Å². The zero-order valence-electron chi connectivity index (χ0n) is 10.6. The molecule has 3 nitrogen and oxygen atoms in total. The number of hydrogen-bond acceptors (Lipinski definition) is 2. The molecule has 0 atom stereocenters. The van der Waals surface area contributed by atoms with Crippen molar-refractivity contribution in [2.45, 2.75) is 32.6 Å². The lowest BCUT2D eigenvalue weighted by atomic mass is 9.67. The number of amides is 1. The molecule has 1 aliphatic carbocycles. The van der Waals surface area contributed by atoms with Gasteiger partial charge in [-0.15, -0.1) is 0 Å². The van der Waals surface area contributed by atoms with Crippen LogP contribution in [-0.4, -0.2) is 12.5 Å². The van der Waals surface area contributed by atoms with Crippen molar-refractivity contribution in [3.63, 3.8) is 0 Å². The number of rotatable bonds is 4. The van der Waals surface area contributed by atoms with Gasteiger partial charge in [-0.05, 0) is 42.9 Å². The molecule has 98 valence electrons. The summed E-state index contributed by atoms with van der Waals surface area (Å²) in [5.74, 6) is -0.669. The summed E-state index contributed by atoms with van der Waals surface area (Å²) in [6.07, 6.45) is 4.68. The van der Waals surface area contributed by atoms with Crippen LogP contribution in [0.2, 0.25) is 0 Å². The number of nitrogens with one attached hydrogen (secondary N) is 1. The maximum atomic E-state index is 13.0. The fraction of sp³-hybridized carbons (Fsp3) is 0.500. The Labute approximate surface area is 107 Å². The Morgan fingerprint density at radius 1 is 1.50 bits per heavy atom. The van der Waals surface area contributed by atoms with E-state index in [0.717, 1.165) is 6.42 Å². The lowest BCUT2D eigenvalue weighted by molar-refractivity contribution is 0.0850. The Balaban J connectivity index is 1.97. The quantitative estimate of drug-likeness (QED) is 0.807. The SMILES string of the molecule is CCC1(CNC(=O)c2ccc(F)c(N)c2)CCC1. The molecule has 0 aliphatic heterocycles. The maximum absolute atomic E-state index is 13.0. The van der Waals surface area contributed by atoms with Crippen molar-refractivity contribution in [1.82, 2.24) is 5.32 Å². The number of hydrogen-bond donors (Lipinski definition) is 2. The molecule has 1 saturated carbocycles. The van der Waals surface area contributed by atoms with Gasteiger partial charge < -0.3 is 11.1 Å². The normalized spacial score (nSPS) is 17.0. The minimum Gasteiger partial charge on any atom is -0.396 e. The number of nitrogens with two attached hydrogens (primary N) is 1. The van der Waals surface area contributed by atoms with E-state index < -0.39 is 5.82 Å². The van der Waals surface area contributed by atoms with E-state index in [9.17, 15) is 9.18 Å². The highest BCUT2D eigenvalue weighted by Gasteiger charge is 2.35. The van der Waals surface area contributed by atoms with Crippen LogP contribution in [0.5, 0.6) is 0 Å². The van der Waals surface area contributed by atoms with Crippen molar-refractivity contribution < 1.29 is 9.18 Å². The topological polar surface area (TPSA) is 55.1 Å². The van der Waals surface area contributed by atoms with Gasteiger partial charge in [0, 0.05) is 12.1 Å². The van der Waals surface area contributed by atoms with Crippen molar-refractivity contribution in [2.75, 3.05) is 12.3 Å². The molecule has 1 aromatic rings. The van der Waals surface area contributed by atoms with Gasteiger partial charge in [-0.3, -0.25) is 4.79 Å². The van der Waals surface area contributed by atoms with Crippen LogP contribution in [0.25, 0.3) is 0 Å². The van der Waals surface area contributed by atoms with Crippen LogP contribution in [-0.2, 0) is 0 Å². The molecular weight excluding hydrogens is 231 g/mol. The maximum Gasteiger partial charge on any atom is 0.251 e. The van der Waals surface area contributed by atoms with Crippen LogP contribution in [0.15, 0.2) is 18.2 Å². The van der Waals surface area contributed by atoms with Crippen molar-refractivity contribution in [2.24, 2.45) is 5.41 Å². The number of anilines is 1. The Bertz CT molecular complexity index is 450. The molecular formula is C14H19FN2O. The van der Waals surface area contributed by atoms with E-state index in [1.54, 1.807) is 0 Å². The highest BCUT2D eigenvalue weighted by atomic mass is 19.1. The van der Waals surface area contributed by atoms with E-state index in [2.05, 4.69) is 12.2 Å². The highest BCUT2D eigenvalue weighted by Crippen LogP contribution is 2.43. The van der Waals surface area contributed by atoms with Gasteiger partial charge in [0.2, 0.25) is 0 Å². The van der Waals surface area contributed by atoms with Gasteiger partial charge in [-0.2, -0.15) is 0 Å². The second-order valence-corrected chi connectivity index (χ2v) is 5.13. The number of nitrogen functional groups attached to an aromatic ring is 1. The molecule has 1 aromatic carbocycles. The van der Waals surface area contributed by atoms with Crippen molar-refractivity contribution in [3.05, 3.63) is 29.6 Å². The first-order chi connectivity index (χ1) is 8.56. The second kappa shape index (κ2) is 4.96. The van der Waals surface area contributed by atoms with Crippen LogP contribution < -0.4 is 11.1 Å². The van der Waals surface area contributed by atoms with E-state index in [4.69, 9.17) is 5.73 Å². The Morgan fingerprint density at radius 2 is 2.22 bits per heavy atom. The van der Waals surface area contributed by atoms with Gasteiger partial charge in [0.25, 0.3) is 5.91 Å². The van der Waals surface area contributed by atoms with Gasteiger partial charge in [-0.1, -0.05) is 13.3 Å². The minimum absolute atomic E-state index is 0.0106. The standard InChI is InChI=1S/C14H19FN2O/c1-2-14(6-3-7-14)9-17-13(18)10-4-5-11(15)12(16)8-10/h4-5,8H,2-3,6-7,9,16H2,1H3,(H,17,18). The summed E-state index contributed by atoms with van der Waals surface area (Å²) in [6, 6.07) is 4.06. The van der Waals surface area contributed by atoms with Gasteiger partial charge in [0.1, 0.15) is 5.82 Å². The fourth-order valence-corrected chi connectivity index (χ4v) is 2.39. The monoisotopic (exact) mass is 250 g/mol. The summed E-state index contributed by atoms with van der Waals surface area (Å²) in [5, 5.41) is 2.92. The predicted molar refractivity (Wildman–Crippen MR) is 69.7 cm³/mol. The summed E-state index contributed by atoms with van der Waals surface area (Å²) in [6.45, 7) is 2.85. The van der Waals surface area contributed by atoms with Crippen molar-refractivity contribution in [1.29, 1.82) is 0 Å². The Kier molecular flexibility index (Phi) is 3.55. The van der Waals surface area contributed by atoms with E-state index in [0.29, 0.717) is 12.1 Å². The van der Waals surface area contributed by atoms with Crippen LogP contribution >= 0.6 is 0 Å². The fourth-order valence-electron chi connectivity index (χ4n) is 2.39. The number of carbonyl (C=O) groups is 1. The largest absolute Gasteiger partial charge is 0.396 e. The molecule has 0 unspecified atom stereocenters. The number of halogens is 1. The molecule has 1 amide bonds. The predicted octanol–water partition coefficient (Wildman–Crippen LogP) is 2.72. The third-order valence-electron chi connectivity index (χ3n) is 4.05. The molecule has 2 rings (SSSR count). The zero-order chi connectivity index (χ0) is 13.2. The zero-order valence-corrected chi connectivity index (χ0v) is 10.6. The van der Waals surface area contributed by atoms with Crippen LogP contribution in [0, 0.1) is 11.2 Å². The van der Waals surface area contributed by atoms with E-state index in [1.165, 1.54) is 37.5 Å². The lowest BCUT2D eigenvalue weighted by Crippen LogP contribution is -2.41. The molecule has 0 aromatic heterocycles. The molecule has 3 N–H and O–H groups in total. The minimum atomic E-state index is -0.490. The molecule has 0 spiro atoms. The molecule has 0 radical (unpaired) electrons. The summed E-state index contributed by atoms with van der Waals surface area (Å²) < 4.78 is 13.0. The van der Waals surface area contributed by atoms with E-state index >= 15 is 0 Å². The third-order valence-corrected chi connectivity index (χ3v) is 4.05. The van der Waals surface area contributed by atoms with Gasteiger partial charge in [-0.25, -0.2) is 4.39 Å². The summed E-state index contributed by atoms with van der Waals surface area (Å²) in [5.41, 5.74) is 6.15. The highest BCUT2D eigenvalue weighted by molar-refractivity contribution is 5.95. The van der Waals surface area contributed by atoms with Crippen LogP contribution in [0.3, 0.4) is 0 Å². The Morgan fingerprint density at radius 3 is 2.72 bits per heavy atom.